The van der Waals surface area contributed by atoms with Crippen molar-refractivity contribution in [1.29, 1.82) is 0 Å². The average Bonchev–Trinajstić information content (AvgIpc) is 2.41. The van der Waals surface area contributed by atoms with Crippen LogP contribution in [0.5, 0.6) is 5.75 Å². The molecule has 0 unspecified atom stereocenters. The van der Waals surface area contributed by atoms with Crippen LogP contribution in [0.3, 0.4) is 0 Å². The van der Waals surface area contributed by atoms with Crippen LogP contribution in [-0.2, 0) is 0 Å². The second-order valence-corrected chi connectivity index (χ2v) is 6.05. The molecule has 0 spiro atoms. The van der Waals surface area contributed by atoms with Gasteiger partial charge in [0.05, 0.1) is 18.4 Å². The first-order chi connectivity index (χ1) is 9.45. The van der Waals surface area contributed by atoms with Gasteiger partial charge in [-0.15, -0.1) is 0 Å². The third kappa shape index (κ3) is 2.74. The van der Waals surface area contributed by atoms with Crippen LogP contribution in [0.4, 0.5) is 5.69 Å². The Kier molecular flexibility index (Phi) is 4.50. The number of hydrogen-bond acceptors (Lipinski definition) is 3. The van der Waals surface area contributed by atoms with Gasteiger partial charge in [0.25, 0.3) is 0 Å². The molecule has 0 amide bonds. The lowest BCUT2D eigenvalue weighted by Gasteiger charge is -2.12. The number of halogens is 2. The number of benzene rings is 2. The van der Waals surface area contributed by atoms with E-state index in [1.807, 2.05) is 13.0 Å². The second-order valence-electron chi connectivity index (χ2n) is 4.34. The topological polar surface area (TPSA) is 52.3 Å². The van der Waals surface area contributed by atoms with Crippen LogP contribution in [0.2, 0.25) is 0 Å². The molecule has 0 aromatic heterocycles. The number of ketones is 1. The minimum absolute atomic E-state index is 0.137. The Hall–Kier alpha value is -1.33. The van der Waals surface area contributed by atoms with Gasteiger partial charge >= 0.3 is 0 Å². The number of nitrogens with two attached hydrogens (primary N) is 1. The van der Waals surface area contributed by atoms with Crippen molar-refractivity contribution >= 4 is 43.3 Å². The van der Waals surface area contributed by atoms with Gasteiger partial charge < -0.3 is 10.5 Å². The highest BCUT2D eigenvalue weighted by molar-refractivity contribution is 9.11. The number of aryl methyl sites for hydroxylation is 1. The molecule has 2 rings (SSSR count). The van der Waals surface area contributed by atoms with Gasteiger partial charge in [-0.2, -0.15) is 0 Å². The van der Waals surface area contributed by atoms with Crippen LogP contribution in [0, 0.1) is 6.92 Å². The Bertz CT molecular complexity index is 684. The summed E-state index contributed by atoms with van der Waals surface area (Å²) in [5.74, 6) is 0.267. The Labute approximate surface area is 134 Å². The molecule has 0 heterocycles. The zero-order chi connectivity index (χ0) is 14.9. The molecule has 20 heavy (non-hydrogen) atoms. The van der Waals surface area contributed by atoms with Crippen LogP contribution >= 0.6 is 31.9 Å². The predicted octanol–water partition coefficient (Wildman–Crippen LogP) is 4.34. The number of carbonyl (C=O) groups excluding carboxylic acids is 1. The Morgan fingerprint density at radius 1 is 1.15 bits per heavy atom. The largest absolute Gasteiger partial charge is 0.494 e. The third-order valence-electron chi connectivity index (χ3n) is 2.99. The first-order valence-electron chi connectivity index (χ1n) is 5.88. The van der Waals surface area contributed by atoms with Gasteiger partial charge in [0.2, 0.25) is 0 Å². The third-order valence-corrected chi connectivity index (χ3v) is 4.50. The van der Waals surface area contributed by atoms with Gasteiger partial charge in [-0.05, 0) is 36.8 Å². The van der Waals surface area contributed by atoms with Crippen molar-refractivity contribution in [3.63, 3.8) is 0 Å². The molecule has 2 aromatic rings. The number of ether oxygens (including phenoxy) is 1. The van der Waals surface area contributed by atoms with Crippen molar-refractivity contribution in [3.8, 4) is 5.75 Å². The van der Waals surface area contributed by atoms with E-state index in [2.05, 4.69) is 31.9 Å². The Balaban J connectivity index is 2.58. The molecule has 5 heteroatoms. The van der Waals surface area contributed by atoms with E-state index in [-0.39, 0.29) is 5.78 Å². The number of methoxy groups -OCH3 is 1. The first kappa shape index (κ1) is 15.1. The summed E-state index contributed by atoms with van der Waals surface area (Å²) in [6.07, 6.45) is 0. The van der Waals surface area contributed by atoms with Gasteiger partial charge in [0, 0.05) is 14.5 Å². The highest BCUT2D eigenvalue weighted by Crippen LogP contribution is 2.32. The number of rotatable bonds is 3. The van der Waals surface area contributed by atoms with Crippen molar-refractivity contribution in [3.05, 3.63) is 56.0 Å². The van der Waals surface area contributed by atoms with Gasteiger partial charge in [-0.25, -0.2) is 0 Å². The fourth-order valence-electron chi connectivity index (χ4n) is 1.93. The lowest BCUT2D eigenvalue weighted by atomic mass is 10.0. The van der Waals surface area contributed by atoms with Crippen molar-refractivity contribution in [2.45, 2.75) is 6.92 Å². The molecule has 0 saturated heterocycles. The predicted molar refractivity (Wildman–Crippen MR) is 87.4 cm³/mol. The Morgan fingerprint density at radius 3 is 2.50 bits per heavy atom. The molecule has 2 aromatic carbocycles. The summed E-state index contributed by atoms with van der Waals surface area (Å²) >= 11 is 6.87. The van der Waals surface area contributed by atoms with Crippen molar-refractivity contribution in [2.75, 3.05) is 12.8 Å². The molecular formula is C15H13Br2NO2. The number of nitrogen functional groups attached to an aromatic ring is 1. The summed E-state index contributed by atoms with van der Waals surface area (Å²) < 4.78 is 6.86. The molecule has 0 aliphatic rings. The molecule has 0 aliphatic heterocycles. The molecule has 104 valence electrons. The fourth-order valence-corrected chi connectivity index (χ4v) is 2.91. The highest BCUT2D eigenvalue weighted by Gasteiger charge is 2.19. The summed E-state index contributed by atoms with van der Waals surface area (Å²) in [7, 11) is 1.50. The van der Waals surface area contributed by atoms with Crippen molar-refractivity contribution in [1.82, 2.24) is 0 Å². The minimum Gasteiger partial charge on any atom is -0.494 e. The summed E-state index contributed by atoms with van der Waals surface area (Å²) in [4.78, 5) is 12.7. The lowest BCUT2D eigenvalue weighted by molar-refractivity contribution is 0.103. The van der Waals surface area contributed by atoms with E-state index in [0.717, 1.165) is 14.5 Å². The van der Waals surface area contributed by atoms with E-state index in [9.17, 15) is 4.79 Å². The number of hydrogen-bond donors (Lipinski definition) is 1. The Morgan fingerprint density at radius 2 is 1.85 bits per heavy atom. The summed E-state index contributed by atoms with van der Waals surface area (Å²) in [6.45, 7) is 1.96. The highest BCUT2D eigenvalue weighted by atomic mass is 79.9. The number of carbonyl (C=O) groups is 1. The minimum atomic E-state index is -0.137. The van der Waals surface area contributed by atoms with Gasteiger partial charge in [0.1, 0.15) is 0 Å². The smallest absolute Gasteiger partial charge is 0.198 e. The van der Waals surface area contributed by atoms with Gasteiger partial charge in [-0.1, -0.05) is 37.9 Å². The molecule has 3 nitrogen and oxygen atoms in total. The number of anilines is 1. The molecule has 0 saturated carbocycles. The van der Waals surface area contributed by atoms with Crippen LogP contribution in [-0.4, -0.2) is 12.9 Å². The molecular weight excluding hydrogens is 386 g/mol. The van der Waals surface area contributed by atoms with Crippen LogP contribution in [0.25, 0.3) is 0 Å². The van der Waals surface area contributed by atoms with Crippen molar-refractivity contribution in [2.24, 2.45) is 0 Å². The van der Waals surface area contributed by atoms with Crippen LogP contribution < -0.4 is 10.5 Å². The summed E-state index contributed by atoms with van der Waals surface area (Å²) in [5, 5.41) is 0. The zero-order valence-corrected chi connectivity index (χ0v) is 14.2. The van der Waals surface area contributed by atoms with Crippen LogP contribution in [0.15, 0.2) is 39.3 Å². The normalized spacial score (nSPS) is 10.4. The molecule has 0 radical (unpaired) electrons. The van der Waals surface area contributed by atoms with Crippen molar-refractivity contribution < 1.29 is 9.53 Å². The monoisotopic (exact) mass is 397 g/mol. The maximum Gasteiger partial charge on any atom is 0.198 e. The molecule has 0 aliphatic carbocycles. The van der Waals surface area contributed by atoms with E-state index in [1.54, 1.807) is 24.3 Å². The van der Waals surface area contributed by atoms with E-state index in [1.165, 1.54) is 7.11 Å². The fraction of sp³-hybridized carbons (Fsp3) is 0.133. The standard InChI is InChI=1S/C15H13Br2NO2/c1-8-6-12(17)10(7-11(8)16)14(19)9-4-3-5-13(18)15(9)20-2/h3-7H,18H2,1-2H3. The lowest BCUT2D eigenvalue weighted by Crippen LogP contribution is -2.07. The van der Waals surface area contributed by atoms with Gasteiger partial charge in [-0.3, -0.25) is 4.79 Å². The molecule has 0 bridgehead atoms. The van der Waals surface area contributed by atoms with Crippen LogP contribution in [0.1, 0.15) is 21.5 Å². The maximum absolute atomic E-state index is 12.7. The van der Waals surface area contributed by atoms with E-state index in [0.29, 0.717) is 22.6 Å². The summed E-state index contributed by atoms with van der Waals surface area (Å²) in [6, 6.07) is 8.84. The molecule has 0 fully saturated rings. The SMILES string of the molecule is COc1c(N)cccc1C(=O)c1cc(Br)c(C)cc1Br. The van der Waals surface area contributed by atoms with E-state index < -0.39 is 0 Å². The number of para-hydroxylation sites is 1. The van der Waals surface area contributed by atoms with E-state index >= 15 is 0 Å². The first-order valence-corrected chi connectivity index (χ1v) is 7.47. The second kappa shape index (κ2) is 5.97. The molecule has 0 atom stereocenters. The summed E-state index contributed by atoms with van der Waals surface area (Å²) in [5.41, 5.74) is 8.35. The van der Waals surface area contributed by atoms with Gasteiger partial charge in [0.15, 0.2) is 11.5 Å². The maximum atomic E-state index is 12.7. The van der Waals surface area contributed by atoms with E-state index in [4.69, 9.17) is 10.5 Å². The quantitative estimate of drug-likeness (QED) is 0.617. The average molecular weight is 399 g/mol. The molecule has 2 N–H and O–H groups in total. The zero-order valence-electron chi connectivity index (χ0n) is 11.0.